The number of anilines is 1. The van der Waals surface area contributed by atoms with E-state index in [1.54, 1.807) is 31.5 Å². The van der Waals surface area contributed by atoms with E-state index >= 15 is 0 Å². The molecule has 4 heterocycles. The van der Waals surface area contributed by atoms with Gasteiger partial charge in [-0.05, 0) is 58.2 Å². The number of fused-ring (bicyclic) bond motifs is 1. The Morgan fingerprint density at radius 1 is 1.25 bits per heavy atom. The average molecular weight is 441 g/mol. The number of hydrogen-bond donors (Lipinski definition) is 3. The van der Waals surface area contributed by atoms with Crippen LogP contribution in [0, 0.1) is 5.82 Å². The van der Waals surface area contributed by atoms with Gasteiger partial charge in [0.25, 0.3) is 0 Å². The van der Waals surface area contributed by atoms with Gasteiger partial charge in [-0.3, -0.25) is 0 Å². The molecule has 1 aliphatic carbocycles. The highest BCUT2D eigenvalue weighted by Gasteiger charge is 2.33. The molecule has 1 aliphatic heterocycles. The van der Waals surface area contributed by atoms with Crippen LogP contribution >= 0.6 is 0 Å². The number of pyridine rings is 1. The van der Waals surface area contributed by atoms with Crippen molar-refractivity contribution in [3.05, 3.63) is 35.4 Å². The normalized spacial score (nSPS) is 19.3. The Morgan fingerprint density at radius 3 is 2.72 bits per heavy atom. The van der Waals surface area contributed by atoms with E-state index in [1.165, 1.54) is 6.07 Å². The molecule has 0 bridgehead atoms. The Balaban J connectivity index is 1.65. The van der Waals surface area contributed by atoms with Gasteiger partial charge in [-0.2, -0.15) is 5.10 Å². The maximum atomic E-state index is 14.6. The lowest BCUT2D eigenvalue weighted by molar-refractivity contribution is 0.0750. The summed E-state index contributed by atoms with van der Waals surface area (Å²) in [6.45, 7) is 5.09. The summed E-state index contributed by atoms with van der Waals surface area (Å²) in [7, 11) is 1.62. The van der Waals surface area contributed by atoms with Gasteiger partial charge in [-0.15, -0.1) is 0 Å². The van der Waals surface area contributed by atoms with Crippen LogP contribution in [-0.4, -0.2) is 50.9 Å². The molecule has 2 aliphatic rings. The van der Waals surface area contributed by atoms with Crippen LogP contribution in [0.4, 0.5) is 10.2 Å². The van der Waals surface area contributed by atoms with Crippen molar-refractivity contribution in [1.82, 2.24) is 24.9 Å². The zero-order chi connectivity index (χ0) is 22.5. The molecule has 0 amide bonds. The number of rotatable bonds is 6. The first-order chi connectivity index (χ1) is 15.3. The first kappa shape index (κ1) is 21.1. The Kier molecular flexibility index (Phi) is 5.25. The molecule has 8 nitrogen and oxygen atoms in total. The molecule has 1 atom stereocenters. The highest BCUT2D eigenvalue weighted by Crippen LogP contribution is 2.44. The Bertz CT molecular complexity index is 1150. The number of aromatic nitrogens is 4. The highest BCUT2D eigenvalue weighted by atomic mass is 19.1. The minimum atomic E-state index is -1.24. The van der Waals surface area contributed by atoms with Crippen LogP contribution in [0.15, 0.2) is 18.2 Å². The van der Waals surface area contributed by atoms with Crippen LogP contribution in [0.25, 0.3) is 17.0 Å². The molecule has 170 valence electrons. The number of nitrogens with zero attached hydrogens (tertiary/aromatic N) is 4. The molecular formula is C23H29FN6O2. The van der Waals surface area contributed by atoms with Crippen molar-refractivity contribution < 1.29 is 14.2 Å². The molecule has 3 N–H and O–H groups in total. The third-order valence-electron chi connectivity index (χ3n) is 6.09. The summed E-state index contributed by atoms with van der Waals surface area (Å²) in [6, 6.07) is 4.97. The summed E-state index contributed by atoms with van der Waals surface area (Å²) in [5.41, 5.74) is 1.67. The Morgan fingerprint density at radius 2 is 2.06 bits per heavy atom. The van der Waals surface area contributed by atoms with E-state index in [9.17, 15) is 9.50 Å². The molecule has 1 saturated heterocycles. The molecule has 3 aromatic heterocycles. The van der Waals surface area contributed by atoms with Crippen LogP contribution in [0.1, 0.15) is 56.8 Å². The van der Waals surface area contributed by atoms with Gasteiger partial charge in [0.15, 0.2) is 17.3 Å². The molecule has 0 radical (unpaired) electrons. The Hall–Kier alpha value is -2.78. The fourth-order valence-electron chi connectivity index (χ4n) is 4.28. The summed E-state index contributed by atoms with van der Waals surface area (Å²) in [5, 5.41) is 22.3. The minimum absolute atomic E-state index is 0.112. The molecule has 2 fully saturated rings. The maximum absolute atomic E-state index is 14.6. The van der Waals surface area contributed by atoms with Crippen LogP contribution in [-0.2, 0) is 5.60 Å². The molecule has 32 heavy (non-hydrogen) atoms. The number of hydrogen-bond acceptors (Lipinski definition) is 7. The molecule has 9 heteroatoms. The summed E-state index contributed by atoms with van der Waals surface area (Å²) >= 11 is 0. The topological polar surface area (TPSA) is 96.6 Å². The third-order valence-corrected chi connectivity index (χ3v) is 6.09. The number of aliphatic hydroxyl groups is 1. The molecular weight excluding hydrogens is 411 g/mol. The SMILES string of the molecule is COc1cc2nc(C(C)(C)O)c(-c3ccc(F)c(N[C@@H]4CCCNC4)n3)n2nc1C1CC1. The van der Waals surface area contributed by atoms with Crippen molar-refractivity contribution in [3.63, 3.8) is 0 Å². The monoisotopic (exact) mass is 440 g/mol. The largest absolute Gasteiger partial charge is 0.495 e. The zero-order valence-corrected chi connectivity index (χ0v) is 18.7. The summed E-state index contributed by atoms with van der Waals surface area (Å²) in [6.07, 6.45) is 4.12. The van der Waals surface area contributed by atoms with Crippen molar-refractivity contribution in [2.45, 2.75) is 57.1 Å². The van der Waals surface area contributed by atoms with Gasteiger partial charge in [-0.25, -0.2) is 18.9 Å². The van der Waals surface area contributed by atoms with Crippen LogP contribution < -0.4 is 15.4 Å². The number of ether oxygens (including phenoxy) is 1. The van der Waals surface area contributed by atoms with E-state index < -0.39 is 11.4 Å². The van der Waals surface area contributed by atoms with Gasteiger partial charge in [0.05, 0.1) is 12.8 Å². The van der Waals surface area contributed by atoms with Crippen molar-refractivity contribution in [3.8, 4) is 17.1 Å². The fourth-order valence-corrected chi connectivity index (χ4v) is 4.28. The second-order valence-corrected chi connectivity index (χ2v) is 9.22. The van der Waals surface area contributed by atoms with Gasteiger partial charge in [0.2, 0.25) is 0 Å². The molecule has 5 rings (SSSR count). The standard InChI is InChI=1S/C23H29FN6O2/c1-23(2,31)21-20(30-18(28-21)11-17(32-3)19(29-30)13-6-7-13)16-9-8-15(24)22(27-16)26-14-5-4-10-25-12-14/h8-9,11,13-14,25,31H,4-7,10,12H2,1-3H3,(H,26,27)/t14-/m1/s1. The smallest absolute Gasteiger partial charge is 0.165 e. The quantitative estimate of drug-likeness (QED) is 0.542. The fraction of sp³-hybridized carbons (Fsp3) is 0.522. The number of imidazole rings is 1. The number of nitrogens with one attached hydrogen (secondary N) is 2. The van der Waals surface area contributed by atoms with E-state index in [0.29, 0.717) is 34.4 Å². The predicted molar refractivity (Wildman–Crippen MR) is 119 cm³/mol. The maximum Gasteiger partial charge on any atom is 0.165 e. The number of halogens is 1. The van der Waals surface area contributed by atoms with Crippen molar-refractivity contribution in [2.75, 3.05) is 25.5 Å². The van der Waals surface area contributed by atoms with Crippen LogP contribution in [0.5, 0.6) is 5.75 Å². The molecule has 1 saturated carbocycles. The second-order valence-electron chi connectivity index (χ2n) is 9.22. The second kappa shape index (κ2) is 7.97. The third kappa shape index (κ3) is 3.91. The van der Waals surface area contributed by atoms with Gasteiger partial charge in [0.1, 0.15) is 28.4 Å². The van der Waals surface area contributed by atoms with E-state index in [2.05, 4.69) is 20.6 Å². The predicted octanol–water partition coefficient (Wildman–Crippen LogP) is 3.21. The Labute approximate surface area is 186 Å². The van der Waals surface area contributed by atoms with Gasteiger partial charge in [0, 0.05) is 24.6 Å². The summed E-state index contributed by atoms with van der Waals surface area (Å²) in [5.74, 6) is 0.834. The lowest BCUT2D eigenvalue weighted by Crippen LogP contribution is -2.38. The van der Waals surface area contributed by atoms with Crippen LogP contribution in [0.2, 0.25) is 0 Å². The first-order valence-electron chi connectivity index (χ1n) is 11.2. The molecule has 0 spiro atoms. The summed E-state index contributed by atoms with van der Waals surface area (Å²) < 4.78 is 21.9. The lowest BCUT2D eigenvalue weighted by Gasteiger charge is -2.24. The van der Waals surface area contributed by atoms with E-state index in [-0.39, 0.29) is 11.9 Å². The van der Waals surface area contributed by atoms with Gasteiger partial charge in [-0.1, -0.05) is 0 Å². The molecule has 3 aromatic rings. The van der Waals surface area contributed by atoms with E-state index in [1.807, 2.05) is 6.07 Å². The summed E-state index contributed by atoms with van der Waals surface area (Å²) in [4.78, 5) is 9.27. The molecule has 0 aromatic carbocycles. The van der Waals surface area contributed by atoms with Crippen molar-refractivity contribution in [2.24, 2.45) is 0 Å². The number of methoxy groups -OCH3 is 1. The van der Waals surface area contributed by atoms with E-state index in [4.69, 9.17) is 9.84 Å². The minimum Gasteiger partial charge on any atom is -0.495 e. The van der Waals surface area contributed by atoms with Crippen LogP contribution in [0.3, 0.4) is 0 Å². The van der Waals surface area contributed by atoms with Gasteiger partial charge >= 0.3 is 0 Å². The van der Waals surface area contributed by atoms with Gasteiger partial charge < -0.3 is 20.5 Å². The lowest BCUT2D eigenvalue weighted by atomic mass is 10.0. The zero-order valence-electron chi connectivity index (χ0n) is 18.7. The highest BCUT2D eigenvalue weighted by molar-refractivity contribution is 5.67. The van der Waals surface area contributed by atoms with Crippen molar-refractivity contribution >= 4 is 11.5 Å². The molecule has 0 unspecified atom stereocenters. The average Bonchev–Trinajstić information content (AvgIpc) is 3.54. The van der Waals surface area contributed by atoms with Crippen molar-refractivity contribution in [1.29, 1.82) is 0 Å². The first-order valence-corrected chi connectivity index (χ1v) is 11.2. The van der Waals surface area contributed by atoms with E-state index in [0.717, 1.165) is 44.5 Å². The number of piperidine rings is 1.